The molecular formula is C27H23F7N4O2. The Labute approximate surface area is 222 Å². The monoisotopic (exact) mass is 568 g/mol. The largest absolute Gasteiger partial charge is 0.405 e. The van der Waals surface area contributed by atoms with E-state index in [1.165, 1.54) is 0 Å². The molecule has 6 nitrogen and oxygen atoms in total. The maximum Gasteiger partial charge on any atom is 0.405 e. The predicted octanol–water partition coefficient (Wildman–Crippen LogP) is 5.52. The van der Waals surface area contributed by atoms with Crippen LogP contribution in [0.5, 0.6) is 0 Å². The lowest BCUT2D eigenvalue weighted by atomic mass is 9.71. The van der Waals surface area contributed by atoms with Crippen molar-refractivity contribution in [3.8, 4) is 5.69 Å². The number of benzene rings is 1. The highest BCUT2D eigenvalue weighted by molar-refractivity contribution is 5.97. The first-order valence-electron chi connectivity index (χ1n) is 12.6. The molecule has 2 N–H and O–H groups in total. The Morgan fingerprint density at radius 3 is 2.48 bits per heavy atom. The molecule has 3 saturated carbocycles. The summed E-state index contributed by atoms with van der Waals surface area (Å²) in [5.74, 6) is -3.20. The van der Waals surface area contributed by atoms with Gasteiger partial charge in [-0.05, 0) is 50.5 Å². The van der Waals surface area contributed by atoms with E-state index in [2.05, 4.69) is 15.6 Å². The van der Waals surface area contributed by atoms with E-state index in [0.29, 0.717) is 6.07 Å². The predicted molar refractivity (Wildman–Crippen MR) is 131 cm³/mol. The van der Waals surface area contributed by atoms with E-state index in [1.54, 1.807) is 6.92 Å². The molecule has 2 bridgehead atoms. The Morgan fingerprint density at radius 1 is 1.05 bits per heavy atom. The summed E-state index contributed by atoms with van der Waals surface area (Å²) >= 11 is 0. The lowest BCUT2D eigenvalue weighted by Gasteiger charge is -2.43. The minimum atomic E-state index is -4.57. The molecule has 2 heterocycles. The van der Waals surface area contributed by atoms with Crippen LogP contribution in [-0.2, 0) is 0 Å². The second-order valence-corrected chi connectivity index (χ2v) is 11.7. The fraction of sp³-hybridized carbons (Fsp3) is 0.444. The van der Waals surface area contributed by atoms with E-state index in [4.69, 9.17) is 0 Å². The third-order valence-electron chi connectivity index (χ3n) is 8.28. The highest BCUT2D eigenvalue weighted by Crippen LogP contribution is 2.78. The van der Waals surface area contributed by atoms with E-state index < -0.39 is 63.5 Å². The van der Waals surface area contributed by atoms with E-state index in [9.17, 15) is 31.5 Å². The number of rotatable bonds is 5. The standard InChI is InChI=1S/C27H23F7N4O2/c1-23(8-24-10-25(30,9-23)12-26(24,31)11-24)37-22(40)16-7-38(18-4-2-14(28)6-17(18)29)21-15(20(16)39)3-5-19(36-21)35-13-27(32,33)34/h2-7H,8-13H2,1H3,(H,35,36)(H,37,40). The van der Waals surface area contributed by atoms with Gasteiger partial charge in [0.05, 0.1) is 11.1 Å². The second-order valence-electron chi connectivity index (χ2n) is 11.7. The topological polar surface area (TPSA) is 76.0 Å². The number of hydrogen-bond donors (Lipinski definition) is 2. The van der Waals surface area contributed by atoms with Gasteiger partial charge in [0.1, 0.15) is 40.9 Å². The molecule has 1 aromatic carbocycles. The number of aromatic nitrogens is 2. The van der Waals surface area contributed by atoms with Gasteiger partial charge < -0.3 is 10.6 Å². The van der Waals surface area contributed by atoms with Gasteiger partial charge in [-0.15, -0.1) is 0 Å². The fourth-order valence-electron chi connectivity index (χ4n) is 7.00. The van der Waals surface area contributed by atoms with Gasteiger partial charge in [0, 0.05) is 36.1 Å². The summed E-state index contributed by atoms with van der Waals surface area (Å²) in [6.45, 7) is 0.154. The zero-order valence-electron chi connectivity index (χ0n) is 21.1. The summed E-state index contributed by atoms with van der Waals surface area (Å²) < 4.78 is 98.1. The molecule has 0 saturated heterocycles. The third kappa shape index (κ3) is 4.29. The highest BCUT2D eigenvalue weighted by Gasteiger charge is 2.81. The van der Waals surface area contributed by atoms with Crippen LogP contribution in [0.2, 0.25) is 0 Å². The molecule has 0 radical (unpaired) electrons. The van der Waals surface area contributed by atoms with Gasteiger partial charge in [0.15, 0.2) is 5.65 Å². The second kappa shape index (κ2) is 8.20. The summed E-state index contributed by atoms with van der Waals surface area (Å²) in [7, 11) is 0. The van der Waals surface area contributed by atoms with Crippen LogP contribution in [0, 0.1) is 17.0 Å². The minimum Gasteiger partial charge on any atom is -0.361 e. The Kier molecular flexibility index (Phi) is 5.45. The van der Waals surface area contributed by atoms with Crippen molar-refractivity contribution >= 4 is 22.8 Å². The van der Waals surface area contributed by atoms with Crippen LogP contribution < -0.4 is 16.1 Å². The zero-order valence-corrected chi connectivity index (χ0v) is 21.1. The van der Waals surface area contributed by atoms with Gasteiger partial charge in [0.25, 0.3) is 5.91 Å². The normalized spacial score (nSPS) is 30.7. The van der Waals surface area contributed by atoms with Crippen LogP contribution in [-0.4, -0.2) is 45.1 Å². The Hall–Kier alpha value is -3.64. The van der Waals surface area contributed by atoms with Crippen molar-refractivity contribution in [3.05, 3.63) is 63.9 Å². The Morgan fingerprint density at radius 2 is 1.80 bits per heavy atom. The number of pyridine rings is 2. The van der Waals surface area contributed by atoms with Crippen molar-refractivity contribution < 1.29 is 35.5 Å². The summed E-state index contributed by atoms with van der Waals surface area (Å²) in [6.07, 6.45) is -3.55. The van der Waals surface area contributed by atoms with E-state index >= 15 is 8.78 Å². The maximum absolute atomic E-state index is 15.4. The van der Waals surface area contributed by atoms with Crippen LogP contribution in [0.1, 0.15) is 49.4 Å². The molecule has 212 valence electrons. The first-order chi connectivity index (χ1) is 18.5. The molecule has 0 aliphatic heterocycles. The van der Waals surface area contributed by atoms with Crippen molar-refractivity contribution in [1.29, 1.82) is 0 Å². The van der Waals surface area contributed by atoms with Gasteiger partial charge in [-0.3, -0.25) is 14.2 Å². The average molecular weight is 568 g/mol. The molecule has 3 aliphatic carbocycles. The van der Waals surface area contributed by atoms with Gasteiger partial charge in [-0.2, -0.15) is 13.2 Å². The molecule has 3 aromatic rings. The summed E-state index contributed by atoms with van der Waals surface area (Å²) in [5, 5.41) is 4.54. The van der Waals surface area contributed by atoms with Crippen LogP contribution >= 0.6 is 0 Å². The number of carbonyl (C=O) groups is 1. The zero-order chi connectivity index (χ0) is 28.9. The molecule has 4 atom stereocenters. The molecule has 40 heavy (non-hydrogen) atoms. The lowest BCUT2D eigenvalue weighted by Crippen LogP contribution is -2.54. The molecule has 4 unspecified atom stereocenters. The van der Waals surface area contributed by atoms with E-state index in [-0.39, 0.29) is 54.6 Å². The van der Waals surface area contributed by atoms with Crippen LogP contribution in [0.3, 0.4) is 0 Å². The average Bonchev–Trinajstić information content (AvgIpc) is 3.28. The Balaban J connectivity index is 1.42. The number of hydrogen-bond acceptors (Lipinski definition) is 4. The van der Waals surface area contributed by atoms with Crippen molar-refractivity contribution in [2.24, 2.45) is 5.41 Å². The highest BCUT2D eigenvalue weighted by atomic mass is 19.4. The molecule has 6 rings (SSSR count). The van der Waals surface area contributed by atoms with Crippen molar-refractivity contribution in [3.63, 3.8) is 0 Å². The number of carbonyl (C=O) groups excluding carboxylic acids is 1. The summed E-state index contributed by atoms with van der Waals surface area (Å²) in [6, 6.07) is 4.74. The maximum atomic E-state index is 15.4. The SMILES string of the molecule is CC1(NC(=O)c2cn(-c3ccc(F)cc3F)c3nc(NCC(F)(F)F)ccc3c2=O)CC2(F)CC3(F)CC3(C2)C1. The van der Waals surface area contributed by atoms with Gasteiger partial charge in [-0.1, -0.05) is 0 Å². The fourth-order valence-corrected chi connectivity index (χ4v) is 7.00. The summed E-state index contributed by atoms with van der Waals surface area (Å²) in [5.41, 5.74) is -7.41. The molecule has 1 amide bonds. The first kappa shape index (κ1) is 26.6. The van der Waals surface area contributed by atoms with Crippen LogP contribution in [0.4, 0.5) is 36.6 Å². The number of anilines is 1. The lowest BCUT2D eigenvalue weighted by molar-refractivity contribution is -0.115. The number of amides is 1. The molecule has 2 aromatic heterocycles. The molecule has 3 fully saturated rings. The molecule has 1 spiro atoms. The molecule has 13 heteroatoms. The minimum absolute atomic E-state index is 0.0744. The molecule has 3 aliphatic rings. The number of nitrogens with one attached hydrogen (secondary N) is 2. The van der Waals surface area contributed by atoms with Crippen molar-refractivity contribution in [2.45, 2.75) is 62.1 Å². The molecular weight excluding hydrogens is 545 g/mol. The smallest absolute Gasteiger partial charge is 0.361 e. The van der Waals surface area contributed by atoms with E-state index in [0.717, 1.165) is 35.0 Å². The van der Waals surface area contributed by atoms with Gasteiger partial charge in [-0.25, -0.2) is 22.5 Å². The number of nitrogens with zero attached hydrogens (tertiary/aromatic N) is 2. The Bertz CT molecular complexity index is 1640. The van der Waals surface area contributed by atoms with Crippen molar-refractivity contribution in [1.82, 2.24) is 14.9 Å². The van der Waals surface area contributed by atoms with Gasteiger partial charge >= 0.3 is 6.18 Å². The first-order valence-corrected chi connectivity index (χ1v) is 12.6. The summed E-state index contributed by atoms with van der Waals surface area (Å²) in [4.78, 5) is 30.9. The van der Waals surface area contributed by atoms with E-state index in [1.807, 2.05) is 0 Å². The number of fused-ring (bicyclic) bond motifs is 2. The van der Waals surface area contributed by atoms with Gasteiger partial charge in [0.2, 0.25) is 5.43 Å². The number of halogens is 7. The quantitative estimate of drug-likeness (QED) is 0.398. The number of alkyl halides is 5. The third-order valence-corrected chi connectivity index (χ3v) is 8.28. The van der Waals surface area contributed by atoms with Crippen molar-refractivity contribution in [2.75, 3.05) is 11.9 Å². The van der Waals surface area contributed by atoms with Crippen LogP contribution in [0.15, 0.2) is 41.3 Å². The van der Waals surface area contributed by atoms with Crippen LogP contribution in [0.25, 0.3) is 16.7 Å².